The molecule has 3 heteroatoms. The van der Waals surface area contributed by atoms with E-state index < -0.39 is 0 Å². The fraction of sp³-hybridized carbons (Fsp3) is 0.625. The highest BCUT2D eigenvalue weighted by atomic mass is 16.5. The number of hydrogen-bond acceptors (Lipinski definition) is 3. The molecule has 0 aliphatic carbocycles. The van der Waals surface area contributed by atoms with E-state index >= 15 is 0 Å². The molecular formula is C16H28N2O. The Kier molecular flexibility index (Phi) is 6.32. The Morgan fingerprint density at radius 3 is 2.42 bits per heavy atom. The monoisotopic (exact) mass is 264 g/mol. The number of nitrogens with zero attached hydrogens (tertiary/aromatic N) is 1. The fourth-order valence-corrected chi connectivity index (χ4v) is 2.31. The summed E-state index contributed by atoms with van der Waals surface area (Å²) in [5, 5.41) is 0. The number of methoxy groups -OCH3 is 1. The lowest BCUT2D eigenvalue weighted by Crippen LogP contribution is -2.33. The molecule has 3 nitrogen and oxygen atoms in total. The SMILES string of the molecule is COCCN(c1ccc(CC(C)N)c(C)c1)C(C)C. The van der Waals surface area contributed by atoms with Gasteiger partial charge in [0.15, 0.2) is 0 Å². The van der Waals surface area contributed by atoms with Crippen molar-refractivity contribution in [1.29, 1.82) is 0 Å². The van der Waals surface area contributed by atoms with E-state index in [0.717, 1.165) is 19.6 Å². The quantitative estimate of drug-likeness (QED) is 0.823. The summed E-state index contributed by atoms with van der Waals surface area (Å²) in [6, 6.07) is 7.33. The molecule has 0 radical (unpaired) electrons. The summed E-state index contributed by atoms with van der Waals surface area (Å²) in [5.74, 6) is 0. The molecule has 1 rings (SSSR count). The highest BCUT2D eigenvalue weighted by molar-refractivity contribution is 5.51. The predicted octanol–water partition coefficient (Wildman–Crippen LogP) is 2.75. The minimum Gasteiger partial charge on any atom is -0.383 e. The number of anilines is 1. The zero-order valence-corrected chi connectivity index (χ0v) is 12.9. The van der Waals surface area contributed by atoms with Gasteiger partial charge in [-0.3, -0.25) is 0 Å². The summed E-state index contributed by atoms with van der Waals surface area (Å²) in [5.41, 5.74) is 9.80. The Labute approximate surface area is 117 Å². The van der Waals surface area contributed by atoms with Gasteiger partial charge in [-0.25, -0.2) is 0 Å². The van der Waals surface area contributed by atoms with Gasteiger partial charge < -0.3 is 15.4 Å². The van der Waals surface area contributed by atoms with Crippen LogP contribution in [0.2, 0.25) is 0 Å². The van der Waals surface area contributed by atoms with Crippen LogP contribution in [0.3, 0.4) is 0 Å². The van der Waals surface area contributed by atoms with Crippen LogP contribution in [-0.4, -0.2) is 32.3 Å². The number of rotatable bonds is 7. The summed E-state index contributed by atoms with van der Waals surface area (Å²) in [6.45, 7) is 10.3. The minimum atomic E-state index is 0.208. The van der Waals surface area contributed by atoms with Gasteiger partial charge in [0.25, 0.3) is 0 Å². The molecule has 0 aliphatic rings. The van der Waals surface area contributed by atoms with Gasteiger partial charge in [-0.15, -0.1) is 0 Å². The largest absolute Gasteiger partial charge is 0.383 e. The zero-order chi connectivity index (χ0) is 14.4. The second-order valence-electron chi connectivity index (χ2n) is 5.57. The van der Waals surface area contributed by atoms with Crippen molar-refractivity contribution in [2.24, 2.45) is 5.73 Å². The van der Waals surface area contributed by atoms with Gasteiger partial charge in [0.05, 0.1) is 6.61 Å². The summed E-state index contributed by atoms with van der Waals surface area (Å²) < 4.78 is 5.19. The molecule has 0 heterocycles. The standard InChI is InChI=1S/C16H28N2O/c1-12(2)18(8-9-19-5)16-7-6-15(11-14(4)17)13(3)10-16/h6-7,10,12,14H,8-9,11,17H2,1-5H3. The number of ether oxygens (including phenoxy) is 1. The smallest absolute Gasteiger partial charge is 0.0637 e. The highest BCUT2D eigenvalue weighted by Gasteiger charge is 2.11. The molecule has 0 fully saturated rings. The Morgan fingerprint density at radius 1 is 1.26 bits per heavy atom. The molecular weight excluding hydrogens is 236 g/mol. The number of nitrogens with two attached hydrogens (primary N) is 1. The lowest BCUT2D eigenvalue weighted by molar-refractivity contribution is 0.204. The Hall–Kier alpha value is -1.06. The lowest BCUT2D eigenvalue weighted by atomic mass is 10.0. The van der Waals surface area contributed by atoms with Crippen LogP contribution < -0.4 is 10.6 Å². The van der Waals surface area contributed by atoms with Gasteiger partial charge >= 0.3 is 0 Å². The van der Waals surface area contributed by atoms with Gasteiger partial charge in [0.1, 0.15) is 0 Å². The van der Waals surface area contributed by atoms with Crippen LogP contribution in [0.25, 0.3) is 0 Å². The van der Waals surface area contributed by atoms with E-state index in [2.05, 4.69) is 43.9 Å². The van der Waals surface area contributed by atoms with Gasteiger partial charge in [-0.1, -0.05) is 6.07 Å². The first-order valence-corrected chi connectivity index (χ1v) is 7.06. The first kappa shape index (κ1) is 16.0. The normalized spacial score (nSPS) is 12.8. The van der Waals surface area contributed by atoms with Crippen molar-refractivity contribution < 1.29 is 4.74 Å². The summed E-state index contributed by atoms with van der Waals surface area (Å²) in [4.78, 5) is 2.37. The van der Waals surface area contributed by atoms with Crippen molar-refractivity contribution in [3.8, 4) is 0 Å². The number of benzene rings is 1. The molecule has 0 bridgehead atoms. The number of aryl methyl sites for hydroxylation is 1. The topological polar surface area (TPSA) is 38.5 Å². The van der Waals surface area contributed by atoms with Gasteiger partial charge in [0.2, 0.25) is 0 Å². The van der Waals surface area contributed by atoms with Crippen molar-refractivity contribution in [1.82, 2.24) is 0 Å². The first-order valence-electron chi connectivity index (χ1n) is 7.06. The molecule has 1 atom stereocenters. The Balaban J connectivity index is 2.90. The van der Waals surface area contributed by atoms with Crippen LogP contribution >= 0.6 is 0 Å². The summed E-state index contributed by atoms with van der Waals surface area (Å²) >= 11 is 0. The first-order chi connectivity index (χ1) is 8.95. The summed E-state index contributed by atoms with van der Waals surface area (Å²) in [7, 11) is 1.75. The third-order valence-electron chi connectivity index (χ3n) is 3.36. The second-order valence-corrected chi connectivity index (χ2v) is 5.57. The van der Waals surface area contributed by atoms with Crippen molar-refractivity contribution in [2.45, 2.75) is 46.2 Å². The maximum absolute atomic E-state index is 5.88. The van der Waals surface area contributed by atoms with Crippen molar-refractivity contribution >= 4 is 5.69 Å². The molecule has 0 spiro atoms. The molecule has 0 aromatic heterocycles. The Morgan fingerprint density at radius 2 is 1.95 bits per heavy atom. The van der Waals surface area contributed by atoms with Crippen LogP contribution in [0.4, 0.5) is 5.69 Å². The lowest BCUT2D eigenvalue weighted by Gasteiger charge is -2.29. The Bertz CT molecular complexity index is 388. The maximum atomic E-state index is 5.88. The van der Waals surface area contributed by atoms with Crippen molar-refractivity contribution in [3.05, 3.63) is 29.3 Å². The van der Waals surface area contributed by atoms with Crippen molar-refractivity contribution in [3.63, 3.8) is 0 Å². The number of hydrogen-bond donors (Lipinski definition) is 1. The molecule has 108 valence electrons. The molecule has 2 N–H and O–H groups in total. The van der Waals surface area contributed by atoms with E-state index in [1.165, 1.54) is 16.8 Å². The van der Waals surface area contributed by atoms with Crippen LogP contribution in [-0.2, 0) is 11.2 Å². The zero-order valence-electron chi connectivity index (χ0n) is 12.9. The molecule has 0 aliphatic heterocycles. The average molecular weight is 264 g/mol. The molecule has 1 aromatic rings. The van der Waals surface area contributed by atoms with E-state index in [1.807, 2.05) is 6.92 Å². The van der Waals surface area contributed by atoms with E-state index in [4.69, 9.17) is 10.5 Å². The van der Waals surface area contributed by atoms with Crippen LogP contribution in [0.1, 0.15) is 31.9 Å². The van der Waals surface area contributed by atoms with Gasteiger partial charge in [-0.05, 0) is 57.4 Å². The average Bonchev–Trinajstić information content (AvgIpc) is 2.32. The second kappa shape index (κ2) is 7.51. The van der Waals surface area contributed by atoms with E-state index in [0.29, 0.717) is 6.04 Å². The van der Waals surface area contributed by atoms with Crippen molar-refractivity contribution in [2.75, 3.05) is 25.2 Å². The molecule has 1 unspecified atom stereocenters. The van der Waals surface area contributed by atoms with Crippen LogP contribution in [0.15, 0.2) is 18.2 Å². The minimum absolute atomic E-state index is 0.208. The molecule has 0 saturated heterocycles. The van der Waals surface area contributed by atoms with Crippen LogP contribution in [0, 0.1) is 6.92 Å². The predicted molar refractivity (Wildman–Crippen MR) is 82.9 cm³/mol. The molecule has 0 amide bonds. The highest BCUT2D eigenvalue weighted by Crippen LogP contribution is 2.21. The molecule has 19 heavy (non-hydrogen) atoms. The van der Waals surface area contributed by atoms with Gasteiger partial charge in [0, 0.05) is 31.4 Å². The molecule has 1 aromatic carbocycles. The van der Waals surface area contributed by atoms with Gasteiger partial charge in [-0.2, -0.15) is 0 Å². The van der Waals surface area contributed by atoms with E-state index in [1.54, 1.807) is 7.11 Å². The maximum Gasteiger partial charge on any atom is 0.0637 e. The molecule has 0 saturated carbocycles. The van der Waals surface area contributed by atoms with Crippen LogP contribution in [0.5, 0.6) is 0 Å². The third-order valence-corrected chi connectivity index (χ3v) is 3.36. The fourth-order valence-electron chi connectivity index (χ4n) is 2.31. The van der Waals surface area contributed by atoms with E-state index in [9.17, 15) is 0 Å². The van der Waals surface area contributed by atoms with E-state index in [-0.39, 0.29) is 6.04 Å². The summed E-state index contributed by atoms with van der Waals surface area (Å²) in [6.07, 6.45) is 0.936. The third kappa shape index (κ3) is 4.84.